The molecule has 0 amide bonds. The first kappa shape index (κ1) is 12.2. The molecule has 0 N–H and O–H groups in total. The average Bonchev–Trinajstić information content (AvgIpc) is 2.18. The van der Waals surface area contributed by atoms with Gasteiger partial charge in [0, 0.05) is 6.54 Å². The highest BCUT2D eigenvalue weighted by Crippen LogP contribution is 2.20. The Labute approximate surface area is 95.1 Å². The number of halogens is 1. The highest BCUT2D eigenvalue weighted by Gasteiger charge is 2.22. The van der Waals surface area contributed by atoms with Crippen molar-refractivity contribution in [3.8, 4) is 0 Å². The standard InChI is InChI=1S/C10H12ClNO2S/c1-3-8-12(11)15(13,14)10-7-5-4-6-9(10)2/h3-7H,1,8H2,2H3. The molecule has 15 heavy (non-hydrogen) atoms. The van der Waals surface area contributed by atoms with Crippen LogP contribution in [0.15, 0.2) is 41.8 Å². The molecule has 0 atom stereocenters. The maximum absolute atomic E-state index is 11.9. The smallest absolute Gasteiger partial charge is 0.206 e. The van der Waals surface area contributed by atoms with Crippen LogP contribution in [0, 0.1) is 6.92 Å². The van der Waals surface area contributed by atoms with Crippen LogP contribution in [-0.2, 0) is 10.0 Å². The van der Waals surface area contributed by atoms with E-state index in [2.05, 4.69) is 6.58 Å². The number of aryl methyl sites for hydroxylation is 1. The molecule has 0 saturated heterocycles. The highest BCUT2D eigenvalue weighted by molar-refractivity contribution is 7.90. The molecule has 1 aromatic carbocycles. The summed E-state index contributed by atoms with van der Waals surface area (Å²) in [5.74, 6) is 0. The van der Waals surface area contributed by atoms with E-state index < -0.39 is 10.0 Å². The first-order valence-electron chi connectivity index (χ1n) is 4.35. The van der Waals surface area contributed by atoms with Gasteiger partial charge in [-0.25, -0.2) is 8.42 Å². The molecule has 0 bridgehead atoms. The largest absolute Gasteiger partial charge is 0.256 e. The van der Waals surface area contributed by atoms with Crippen molar-refractivity contribution >= 4 is 21.8 Å². The quantitative estimate of drug-likeness (QED) is 0.603. The average molecular weight is 246 g/mol. The van der Waals surface area contributed by atoms with Gasteiger partial charge in [-0.2, -0.15) is 0 Å². The van der Waals surface area contributed by atoms with E-state index in [9.17, 15) is 8.42 Å². The van der Waals surface area contributed by atoms with Crippen molar-refractivity contribution in [1.82, 2.24) is 3.82 Å². The second kappa shape index (κ2) is 4.79. The summed E-state index contributed by atoms with van der Waals surface area (Å²) in [6, 6.07) is 6.70. The fourth-order valence-electron chi connectivity index (χ4n) is 1.15. The van der Waals surface area contributed by atoms with Gasteiger partial charge >= 0.3 is 0 Å². The molecule has 0 heterocycles. The lowest BCUT2D eigenvalue weighted by Crippen LogP contribution is -2.22. The van der Waals surface area contributed by atoms with Crippen molar-refractivity contribution in [2.45, 2.75) is 11.8 Å². The van der Waals surface area contributed by atoms with Gasteiger partial charge in [0.25, 0.3) is 10.0 Å². The first-order chi connectivity index (χ1) is 7.00. The van der Waals surface area contributed by atoms with E-state index in [1.165, 1.54) is 12.1 Å². The summed E-state index contributed by atoms with van der Waals surface area (Å²) < 4.78 is 24.5. The maximum atomic E-state index is 11.9. The molecule has 5 heteroatoms. The monoisotopic (exact) mass is 245 g/mol. The van der Waals surface area contributed by atoms with E-state index >= 15 is 0 Å². The Kier molecular flexibility index (Phi) is 3.90. The second-order valence-electron chi connectivity index (χ2n) is 3.03. The third-order valence-electron chi connectivity index (χ3n) is 1.90. The van der Waals surface area contributed by atoms with Crippen molar-refractivity contribution in [3.63, 3.8) is 0 Å². The predicted octanol–water partition coefficient (Wildman–Crippen LogP) is 2.33. The Morgan fingerprint density at radius 1 is 1.47 bits per heavy atom. The van der Waals surface area contributed by atoms with E-state index in [1.807, 2.05) is 0 Å². The topological polar surface area (TPSA) is 37.4 Å². The lowest BCUT2D eigenvalue weighted by molar-refractivity contribution is 0.551. The molecule has 0 aliphatic carbocycles. The van der Waals surface area contributed by atoms with Gasteiger partial charge in [0.2, 0.25) is 0 Å². The molecular weight excluding hydrogens is 234 g/mol. The highest BCUT2D eigenvalue weighted by atomic mass is 35.5. The maximum Gasteiger partial charge on any atom is 0.256 e. The molecule has 0 aliphatic heterocycles. The predicted molar refractivity (Wildman–Crippen MR) is 61.1 cm³/mol. The SMILES string of the molecule is C=CCN(Cl)S(=O)(=O)c1ccccc1C. The fourth-order valence-corrected chi connectivity index (χ4v) is 2.71. The lowest BCUT2D eigenvalue weighted by Gasteiger charge is -2.13. The Morgan fingerprint density at radius 2 is 2.07 bits per heavy atom. The molecule has 0 unspecified atom stereocenters. The normalized spacial score (nSPS) is 11.7. The van der Waals surface area contributed by atoms with E-state index in [-0.39, 0.29) is 11.4 Å². The van der Waals surface area contributed by atoms with E-state index in [1.54, 1.807) is 25.1 Å². The summed E-state index contributed by atoms with van der Waals surface area (Å²) in [7, 11) is -3.60. The van der Waals surface area contributed by atoms with Gasteiger partial charge in [-0.05, 0) is 30.3 Å². The summed E-state index contributed by atoms with van der Waals surface area (Å²) in [4.78, 5) is 0.224. The third kappa shape index (κ3) is 2.59. The van der Waals surface area contributed by atoms with Crippen LogP contribution in [0.3, 0.4) is 0 Å². The van der Waals surface area contributed by atoms with Gasteiger partial charge < -0.3 is 0 Å². The summed E-state index contributed by atoms with van der Waals surface area (Å²) >= 11 is 5.65. The molecule has 0 aromatic heterocycles. The van der Waals surface area contributed by atoms with Crippen LogP contribution in [0.5, 0.6) is 0 Å². The van der Waals surface area contributed by atoms with Crippen LogP contribution in [-0.4, -0.2) is 18.8 Å². The molecule has 0 fully saturated rings. The van der Waals surface area contributed by atoms with E-state index in [0.717, 1.165) is 3.82 Å². The minimum atomic E-state index is -3.60. The van der Waals surface area contributed by atoms with Crippen LogP contribution >= 0.6 is 11.8 Å². The minimum Gasteiger partial charge on any atom is -0.206 e. The van der Waals surface area contributed by atoms with Gasteiger partial charge in [0.1, 0.15) is 0 Å². The van der Waals surface area contributed by atoms with Crippen LogP contribution in [0.4, 0.5) is 0 Å². The molecule has 0 aliphatic rings. The van der Waals surface area contributed by atoms with Crippen LogP contribution < -0.4 is 0 Å². The summed E-state index contributed by atoms with van der Waals surface area (Å²) in [5, 5.41) is 0. The Morgan fingerprint density at radius 3 is 2.60 bits per heavy atom. The summed E-state index contributed by atoms with van der Waals surface area (Å²) in [5.41, 5.74) is 0.673. The second-order valence-corrected chi connectivity index (χ2v) is 5.47. The van der Waals surface area contributed by atoms with Gasteiger partial charge in [0.05, 0.1) is 4.90 Å². The number of hydrogen-bond acceptors (Lipinski definition) is 2. The van der Waals surface area contributed by atoms with Gasteiger partial charge in [0.15, 0.2) is 0 Å². The van der Waals surface area contributed by atoms with Crippen molar-refractivity contribution in [2.24, 2.45) is 0 Å². The van der Waals surface area contributed by atoms with Crippen molar-refractivity contribution in [1.29, 1.82) is 0 Å². The van der Waals surface area contributed by atoms with Crippen LogP contribution in [0.25, 0.3) is 0 Å². The number of sulfonamides is 1. The van der Waals surface area contributed by atoms with Gasteiger partial charge in [-0.1, -0.05) is 24.3 Å². The Hall–Kier alpha value is -0.840. The van der Waals surface area contributed by atoms with Crippen molar-refractivity contribution in [2.75, 3.05) is 6.54 Å². The summed E-state index contributed by atoms with van der Waals surface area (Å²) in [6.07, 6.45) is 1.43. The zero-order valence-electron chi connectivity index (χ0n) is 8.35. The Balaban J connectivity index is 3.17. The molecule has 0 spiro atoms. The summed E-state index contributed by atoms with van der Waals surface area (Å²) in [6.45, 7) is 5.25. The van der Waals surface area contributed by atoms with Crippen molar-refractivity contribution in [3.05, 3.63) is 42.5 Å². The number of hydrogen-bond donors (Lipinski definition) is 0. The van der Waals surface area contributed by atoms with Crippen LogP contribution in [0.1, 0.15) is 5.56 Å². The van der Waals surface area contributed by atoms with Crippen molar-refractivity contribution < 1.29 is 8.42 Å². The van der Waals surface area contributed by atoms with Gasteiger partial charge in [-0.15, -0.1) is 10.4 Å². The number of nitrogens with zero attached hydrogens (tertiary/aromatic N) is 1. The lowest BCUT2D eigenvalue weighted by atomic mass is 10.2. The molecule has 1 aromatic rings. The molecule has 0 saturated carbocycles. The number of rotatable bonds is 4. The molecule has 0 radical (unpaired) electrons. The van der Waals surface area contributed by atoms with Crippen LogP contribution in [0.2, 0.25) is 0 Å². The zero-order chi connectivity index (χ0) is 11.5. The molecule has 3 nitrogen and oxygen atoms in total. The molecule has 1 rings (SSSR count). The number of benzene rings is 1. The Bertz CT molecular complexity index is 456. The minimum absolute atomic E-state index is 0.0816. The zero-order valence-corrected chi connectivity index (χ0v) is 9.92. The van der Waals surface area contributed by atoms with E-state index in [0.29, 0.717) is 5.56 Å². The van der Waals surface area contributed by atoms with E-state index in [4.69, 9.17) is 11.8 Å². The van der Waals surface area contributed by atoms with Gasteiger partial charge in [-0.3, -0.25) is 0 Å². The molecule has 82 valence electrons. The first-order valence-corrected chi connectivity index (χ1v) is 6.13. The molecular formula is C10H12ClNO2S. The fraction of sp³-hybridized carbons (Fsp3) is 0.200. The third-order valence-corrected chi connectivity index (χ3v) is 4.27.